The van der Waals surface area contributed by atoms with Gasteiger partial charge < -0.3 is 9.84 Å². The van der Waals surface area contributed by atoms with Gasteiger partial charge >= 0.3 is 0 Å². The Morgan fingerprint density at radius 2 is 1.75 bits per heavy atom. The standard InChI is InChI=1S/C17H19ClO2/c1-10-7-11(2)12(3)17(8-10)20-16-6-5-14(13(4)19)9-15(16)18/h5-9,13,19H,1-4H3. The Hall–Kier alpha value is -1.51. The van der Waals surface area contributed by atoms with Gasteiger partial charge in [-0.3, -0.25) is 0 Å². The molecule has 1 atom stereocenters. The van der Waals surface area contributed by atoms with E-state index in [4.69, 9.17) is 16.3 Å². The first kappa shape index (κ1) is 14.9. The van der Waals surface area contributed by atoms with Gasteiger partial charge in [-0.05, 0) is 68.1 Å². The molecule has 2 aromatic rings. The molecule has 0 amide bonds. The van der Waals surface area contributed by atoms with Crippen LogP contribution in [0.5, 0.6) is 11.5 Å². The van der Waals surface area contributed by atoms with Crippen LogP contribution in [0.25, 0.3) is 0 Å². The van der Waals surface area contributed by atoms with Gasteiger partial charge in [-0.2, -0.15) is 0 Å². The number of rotatable bonds is 3. The van der Waals surface area contributed by atoms with E-state index in [0.717, 1.165) is 22.4 Å². The van der Waals surface area contributed by atoms with E-state index in [2.05, 4.69) is 13.0 Å². The Bertz CT molecular complexity index is 633. The van der Waals surface area contributed by atoms with Gasteiger partial charge in [0, 0.05) is 0 Å². The van der Waals surface area contributed by atoms with E-state index in [9.17, 15) is 5.11 Å². The average molecular weight is 291 g/mol. The molecule has 0 radical (unpaired) electrons. The zero-order valence-corrected chi connectivity index (χ0v) is 13.0. The van der Waals surface area contributed by atoms with Crippen LogP contribution in [0.3, 0.4) is 0 Å². The van der Waals surface area contributed by atoms with E-state index in [1.807, 2.05) is 26.0 Å². The highest BCUT2D eigenvalue weighted by atomic mass is 35.5. The van der Waals surface area contributed by atoms with Crippen LogP contribution in [0.2, 0.25) is 5.02 Å². The Labute approximate surface area is 125 Å². The number of halogens is 1. The molecule has 20 heavy (non-hydrogen) atoms. The molecule has 0 aliphatic heterocycles. The van der Waals surface area contributed by atoms with E-state index < -0.39 is 6.10 Å². The van der Waals surface area contributed by atoms with Crippen LogP contribution in [-0.2, 0) is 0 Å². The van der Waals surface area contributed by atoms with Gasteiger partial charge in [0.1, 0.15) is 11.5 Å². The molecule has 1 unspecified atom stereocenters. The monoisotopic (exact) mass is 290 g/mol. The van der Waals surface area contributed by atoms with Gasteiger partial charge in [-0.15, -0.1) is 0 Å². The molecular formula is C17H19ClO2. The van der Waals surface area contributed by atoms with Crippen LogP contribution >= 0.6 is 11.6 Å². The van der Waals surface area contributed by atoms with Crippen LogP contribution in [-0.4, -0.2) is 5.11 Å². The van der Waals surface area contributed by atoms with Crippen LogP contribution in [0.1, 0.15) is 35.3 Å². The van der Waals surface area contributed by atoms with Crippen molar-refractivity contribution in [1.29, 1.82) is 0 Å². The van der Waals surface area contributed by atoms with E-state index in [1.165, 1.54) is 5.56 Å². The molecule has 0 saturated heterocycles. The van der Waals surface area contributed by atoms with Gasteiger partial charge in [0.2, 0.25) is 0 Å². The molecule has 1 N–H and O–H groups in total. The number of aliphatic hydroxyl groups excluding tert-OH is 1. The third kappa shape index (κ3) is 3.14. The molecular weight excluding hydrogens is 272 g/mol. The molecule has 0 aliphatic rings. The second-order valence-corrected chi connectivity index (χ2v) is 5.58. The molecule has 0 bridgehead atoms. The van der Waals surface area contributed by atoms with Crippen LogP contribution in [0.4, 0.5) is 0 Å². The lowest BCUT2D eigenvalue weighted by atomic mass is 10.1. The summed E-state index contributed by atoms with van der Waals surface area (Å²) in [6.07, 6.45) is -0.537. The molecule has 0 spiro atoms. The van der Waals surface area contributed by atoms with Crippen LogP contribution in [0.15, 0.2) is 30.3 Å². The number of ether oxygens (including phenoxy) is 1. The molecule has 106 valence electrons. The van der Waals surface area contributed by atoms with Gasteiger partial charge in [0.25, 0.3) is 0 Å². The fraction of sp³-hybridized carbons (Fsp3) is 0.294. The number of aliphatic hydroxyl groups is 1. The molecule has 2 aromatic carbocycles. The van der Waals surface area contributed by atoms with Crippen molar-refractivity contribution in [1.82, 2.24) is 0 Å². The summed E-state index contributed by atoms with van der Waals surface area (Å²) < 4.78 is 5.92. The smallest absolute Gasteiger partial charge is 0.146 e. The van der Waals surface area contributed by atoms with Crippen molar-refractivity contribution in [3.63, 3.8) is 0 Å². The van der Waals surface area contributed by atoms with E-state index in [1.54, 1.807) is 19.1 Å². The molecule has 2 rings (SSSR count). The first-order chi connectivity index (χ1) is 9.38. The summed E-state index contributed by atoms with van der Waals surface area (Å²) in [5.41, 5.74) is 4.22. The first-order valence-electron chi connectivity index (χ1n) is 6.61. The largest absolute Gasteiger partial charge is 0.456 e. The van der Waals surface area contributed by atoms with Gasteiger partial charge in [-0.25, -0.2) is 0 Å². The summed E-state index contributed by atoms with van der Waals surface area (Å²) in [6, 6.07) is 9.48. The van der Waals surface area contributed by atoms with Gasteiger partial charge in [-0.1, -0.05) is 23.7 Å². The third-order valence-corrected chi connectivity index (χ3v) is 3.72. The summed E-state index contributed by atoms with van der Waals surface area (Å²) in [5, 5.41) is 10.0. The molecule has 2 nitrogen and oxygen atoms in total. The van der Waals surface area contributed by atoms with Crippen molar-refractivity contribution in [2.45, 2.75) is 33.8 Å². The Balaban J connectivity index is 2.35. The predicted octanol–water partition coefficient (Wildman–Crippen LogP) is 5.11. The maximum Gasteiger partial charge on any atom is 0.146 e. The minimum absolute atomic E-state index is 0.502. The Morgan fingerprint density at radius 3 is 2.35 bits per heavy atom. The quantitative estimate of drug-likeness (QED) is 0.851. The highest BCUT2D eigenvalue weighted by molar-refractivity contribution is 6.32. The van der Waals surface area contributed by atoms with E-state index in [0.29, 0.717) is 10.8 Å². The zero-order valence-electron chi connectivity index (χ0n) is 12.2. The average Bonchev–Trinajstić information content (AvgIpc) is 2.37. The normalized spacial score (nSPS) is 12.3. The highest BCUT2D eigenvalue weighted by Crippen LogP contribution is 2.34. The maximum absolute atomic E-state index is 9.55. The lowest BCUT2D eigenvalue weighted by Gasteiger charge is -2.14. The molecule has 0 aromatic heterocycles. The van der Waals surface area contributed by atoms with Crippen molar-refractivity contribution >= 4 is 11.6 Å². The predicted molar refractivity (Wildman–Crippen MR) is 82.8 cm³/mol. The Morgan fingerprint density at radius 1 is 1.05 bits per heavy atom. The molecule has 0 fully saturated rings. The van der Waals surface area contributed by atoms with Crippen molar-refractivity contribution in [3.8, 4) is 11.5 Å². The second kappa shape index (κ2) is 5.86. The number of aryl methyl sites for hydroxylation is 2. The Kier molecular flexibility index (Phi) is 4.36. The highest BCUT2D eigenvalue weighted by Gasteiger charge is 2.10. The van der Waals surface area contributed by atoms with Crippen molar-refractivity contribution in [3.05, 3.63) is 57.6 Å². The van der Waals surface area contributed by atoms with Crippen molar-refractivity contribution in [2.75, 3.05) is 0 Å². The molecule has 0 saturated carbocycles. The molecule has 3 heteroatoms. The third-order valence-electron chi connectivity index (χ3n) is 3.42. The lowest BCUT2D eigenvalue weighted by molar-refractivity contribution is 0.199. The van der Waals surface area contributed by atoms with Crippen LogP contribution in [0, 0.1) is 20.8 Å². The van der Waals surface area contributed by atoms with Crippen LogP contribution < -0.4 is 4.74 Å². The number of hydrogen-bond donors (Lipinski definition) is 1. The minimum atomic E-state index is -0.537. The first-order valence-corrected chi connectivity index (χ1v) is 6.99. The number of benzene rings is 2. The topological polar surface area (TPSA) is 29.5 Å². The van der Waals surface area contributed by atoms with Crippen molar-refractivity contribution < 1.29 is 9.84 Å². The summed E-state index contributed by atoms with van der Waals surface area (Å²) in [4.78, 5) is 0. The van der Waals surface area contributed by atoms with Crippen molar-refractivity contribution in [2.24, 2.45) is 0 Å². The summed E-state index contributed by atoms with van der Waals surface area (Å²) in [5.74, 6) is 1.42. The maximum atomic E-state index is 9.55. The summed E-state index contributed by atoms with van der Waals surface area (Å²) in [7, 11) is 0. The fourth-order valence-corrected chi connectivity index (χ4v) is 2.31. The van der Waals surface area contributed by atoms with Gasteiger partial charge in [0.05, 0.1) is 11.1 Å². The molecule has 0 heterocycles. The lowest BCUT2D eigenvalue weighted by Crippen LogP contribution is -1.94. The fourth-order valence-electron chi connectivity index (χ4n) is 2.08. The zero-order chi connectivity index (χ0) is 14.9. The minimum Gasteiger partial charge on any atom is -0.456 e. The molecule has 0 aliphatic carbocycles. The number of hydrogen-bond acceptors (Lipinski definition) is 2. The second-order valence-electron chi connectivity index (χ2n) is 5.17. The SMILES string of the molecule is Cc1cc(C)c(C)c(Oc2ccc(C(C)O)cc2Cl)c1. The van der Waals surface area contributed by atoms with Gasteiger partial charge in [0.15, 0.2) is 0 Å². The van der Waals surface area contributed by atoms with E-state index in [-0.39, 0.29) is 0 Å². The summed E-state index contributed by atoms with van der Waals surface area (Å²) in [6.45, 7) is 7.84. The van der Waals surface area contributed by atoms with E-state index >= 15 is 0 Å². The summed E-state index contributed by atoms with van der Waals surface area (Å²) >= 11 is 6.22.